The molecule has 0 saturated carbocycles. The summed E-state index contributed by atoms with van der Waals surface area (Å²) in [6.07, 6.45) is 1.05. The topological polar surface area (TPSA) is 105 Å². The van der Waals surface area contributed by atoms with Gasteiger partial charge in [0.2, 0.25) is 21.8 Å². The second-order valence-electron chi connectivity index (χ2n) is 7.86. The lowest BCUT2D eigenvalue weighted by Gasteiger charge is -2.30. The molecule has 3 aromatic rings. The fourth-order valence-electron chi connectivity index (χ4n) is 3.60. The van der Waals surface area contributed by atoms with E-state index in [2.05, 4.69) is 15.5 Å². The summed E-state index contributed by atoms with van der Waals surface area (Å²) < 4.78 is 45.7. The predicted molar refractivity (Wildman–Crippen MR) is 116 cm³/mol. The van der Waals surface area contributed by atoms with Crippen molar-refractivity contribution in [3.63, 3.8) is 0 Å². The number of benzene rings is 2. The standard InChI is InChI=1S/C22H23FN4O4S/c1-14-5-6-16(12-15(14)2)21-25-26-22(31-21)24-20(28)17-4-3-11-27(13-17)32(29,30)19-9-7-18(23)8-10-19/h5-10,12,17H,3-4,11,13H2,1-2H3,(H,24,26,28). The van der Waals surface area contributed by atoms with E-state index >= 15 is 0 Å². The van der Waals surface area contributed by atoms with Gasteiger partial charge in [-0.25, -0.2) is 12.8 Å². The van der Waals surface area contributed by atoms with Crippen LogP contribution >= 0.6 is 0 Å². The lowest BCUT2D eigenvalue weighted by atomic mass is 9.99. The third-order valence-electron chi connectivity index (χ3n) is 5.62. The number of carbonyl (C=O) groups excluding carboxylic acids is 1. The molecule has 0 radical (unpaired) electrons. The first-order valence-corrected chi connectivity index (χ1v) is 11.7. The molecule has 1 unspecified atom stereocenters. The van der Waals surface area contributed by atoms with Gasteiger partial charge in [0, 0.05) is 18.7 Å². The van der Waals surface area contributed by atoms with Gasteiger partial charge in [0.25, 0.3) is 0 Å². The summed E-state index contributed by atoms with van der Waals surface area (Å²) in [7, 11) is -3.82. The Morgan fingerprint density at radius 2 is 1.88 bits per heavy atom. The summed E-state index contributed by atoms with van der Waals surface area (Å²) in [5.41, 5.74) is 2.96. The molecule has 10 heteroatoms. The van der Waals surface area contributed by atoms with Gasteiger partial charge in [-0.3, -0.25) is 10.1 Å². The molecular formula is C22H23FN4O4S. The van der Waals surface area contributed by atoms with Gasteiger partial charge in [-0.15, -0.1) is 5.10 Å². The van der Waals surface area contributed by atoms with Crippen LogP contribution in [0.4, 0.5) is 10.4 Å². The summed E-state index contributed by atoms with van der Waals surface area (Å²) in [4.78, 5) is 12.8. The molecule has 32 heavy (non-hydrogen) atoms. The van der Waals surface area contributed by atoms with E-state index in [1.54, 1.807) is 0 Å². The number of amides is 1. The molecule has 8 nitrogen and oxygen atoms in total. The van der Waals surface area contributed by atoms with Crippen LogP contribution in [0, 0.1) is 25.6 Å². The van der Waals surface area contributed by atoms with Crippen LogP contribution in [-0.2, 0) is 14.8 Å². The number of halogens is 1. The van der Waals surface area contributed by atoms with E-state index in [4.69, 9.17) is 4.42 Å². The molecule has 2 heterocycles. The molecular weight excluding hydrogens is 435 g/mol. The molecule has 0 aliphatic carbocycles. The smallest absolute Gasteiger partial charge is 0.322 e. The van der Waals surface area contributed by atoms with Gasteiger partial charge in [0.1, 0.15) is 5.82 Å². The zero-order valence-corrected chi connectivity index (χ0v) is 18.5. The van der Waals surface area contributed by atoms with Gasteiger partial charge in [-0.05, 0) is 74.2 Å². The number of rotatable bonds is 5. The molecule has 1 N–H and O–H groups in total. The monoisotopic (exact) mass is 458 g/mol. The van der Waals surface area contributed by atoms with Crippen molar-refractivity contribution >= 4 is 21.9 Å². The number of nitrogens with zero attached hydrogens (tertiary/aromatic N) is 3. The van der Waals surface area contributed by atoms with Crippen molar-refractivity contribution in [3.8, 4) is 11.5 Å². The summed E-state index contributed by atoms with van der Waals surface area (Å²) in [6.45, 7) is 4.29. The maximum Gasteiger partial charge on any atom is 0.322 e. The van der Waals surface area contributed by atoms with Gasteiger partial charge in [0.05, 0.1) is 10.8 Å². The number of aromatic nitrogens is 2. The van der Waals surface area contributed by atoms with Crippen LogP contribution in [0.1, 0.15) is 24.0 Å². The second-order valence-corrected chi connectivity index (χ2v) is 9.79. The van der Waals surface area contributed by atoms with E-state index in [9.17, 15) is 17.6 Å². The first-order chi connectivity index (χ1) is 15.2. The molecule has 1 aromatic heterocycles. The van der Waals surface area contributed by atoms with Crippen LogP contribution in [0.2, 0.25) is 0 Å². The normalized spacial score (nSPS) is 17.3. The van der Waals surface area contributed by atoms with Gasteiger partial charge in [-0.1, -0.05) is 11.2 Å². The van der Waals surface area contributed by atoms with E-state index in [-0.39, 0.29) is 29.3 Å². The SMILES string of the molecule is Cc1ccc(-c2nnc(NC(=O)C3CCCN(S(=O)(=O)c4ccc(F)cc4)C3)o2)cc1C. The Kier molecular flexibility index (Phi) is 6.07. The zero-order chi connectivity index (χ0) is 22.9. The van der Waals surface area contributed by atoms with E-state index in [1.807, 2.05) is 32.0 Å². The zero-order valence-electron chi connectivity index (χ0n) is 17.7. The van der Waals surface area contributed by atoms with Gasteiger partial charge in [-0.2, -0.15) is 4.31 Å². The number of carbonyl (C=O) groups is 1. The van der Waals surface area contributed by atoms with Crippen molar-refractivity contribution in [2.24, 2.45) is 5.92 Å². The minimum absolute atomic E-state index is 0.00473. The van der Waals surface area contributed by atoms with Gasteiger partial charge < -0.3 is 4.42 Å². The van der Waals surface area contributed by atoms with Gasteiger partial charge in [0.15, 0.2) is 0 Å². The van der Waals surface area contributed by atoms with E-state index in [0.29, 0.717) is 19.4 Å². The highest BCUT2D eigenvalue weighted by atomic mass is 32.2. The molecule has 1 fully saturated rings. The molecule has 2 aromatic carbocycles. The molecule has 1 saturated heterocycles. The molecule has 1 amide bonds. The summed E-state index contributed by atoms with van der Waals surface area (Å²) in [5.74, 6) is -1.19. The quantitative estimate of drug-likeness (QED) is 0.627. The highest BCUT2D eigenvalue weighted by Crippen LogP contribution is 2.26. The highest BCUT2D eigenvalue weighted by Gasteiger charge is 2.33. The average Bonchev–Trinajstić information content (AvgIpc) is 3.24. The number of piperidine rings is 1. The number of anilines is 1. The Morgan fingerprint density at radius 3 is 2.59 bits per heavy atom. The van der Waals surface area contributed by atoms with E-state index < -0.39 is 21.8 Å². The number of nitrogens with one attached hydrogen (secondary N) is 1. The first-order valence-electron chi connectivity index (χ1n) is 10.2. The van der Waals surface area contributed by atoms with Crippen molar-refractivity contribution in [1.82, 2.24) is 14.5 Å². The Labute approximate surface area is 185 Å². The average molecular weight is 459 g/mol. The summed E-state index contributed by atoms with van der Waals surface area (Å²) in [6, 6.07) is 10.3. The highest BCUT2D eigenvalue weighted by molar-refractivity contribution is 7.89. The summed E-state index contributed by atoms with van der Waals surface area (Å²) >= 11 is 0. The first kappa shape index (κ1) is 22.1. The van der Waals surface area contributed by atoms with Crippen molar-refractivity contribution < 1.29 is 22.0 Å². The third kappa shape index (κ3) is 4.56. The molecule has 168 valence electrons. The number of aryl methyl sites for hydroxylation is 2. The molecule has 1 aliphatic rings. The van der Waals surface area contributed by atoms with Crippen LogP contribution < -0.4 is 5.32 Å². The van der Waals surface area contributed by atoms with Crippen molar-refractivity contribution in [2.45, 2.75) is 31.6 Å². The van der Waals surface area contributed by atoms with Crippen LogP contribution in [-0.4, -0.2) is 41.9 Å². The van der Waals surface area contributed by atoms with Crippen molar-refractivity contribution in [1.29, 1.82) is 0 Å². The summed E-state index contributed by atoms with van der Waals surface area (Å²) in [5, 5.41) is 10.5. The lowest BCUT2D eigenvalue weighted by Crippen LogP contribution is -2.43. The Morgan fingerprint density at radius 1 is 1.12 bits per heavy atom. The third-order valence-corrected chi connectivity index (χ3v) is 7.49. The predicted octanol–water partition coefficient (Wildman–Crippen LogP) is 3.53. The molecule has 0 spiro atoms. The fraction of sp³-hybridized carbons (Fsp3) is 0.318. The Hall–Kier alpha value is -3.11. The van der Waals surface area contributed by atoms with Crippen LogP contribution in [0.25, 0.3) is 11.5 Å². The van der Waals surface area contributed by atoms with Crippen LogP contribution in [0.3, 0.4) is 0 Å². The van der Waals surface area contributed by atoms with Crippen molar-refractivity contribution in [2.75, 3.05) is 18.4 Å². The molecule has 4 rings (SSSR count). The Bertz CT molecular complexity index is 1240. The molecule has 0 bridgehead atoms. The molecule has 1 atom stereocenters. The largest absolute Gasteiger partial charge is 0.403 e. The van der Waals surface area contributed by atoms with E-state index in [1.165, 1.54) is 16.4 Å². The second kappa shape index (κ2) is 8.79. The Balaban J connectivity index is 1.44. The lowest BCUT2D eigenvalue weighted by molar-refractivity contribution is -0.121. The minimum atomic E-state index is -3.82. The van der Waals surface area contributed by atoms with Crippen LogP contribution in [0.15, 0.2) is 51.8 Å². The number of hydrogen-bond donors (Lipinski definition) is 1. The van der Waals surface area contributed by atoms with Crippen molar-refractivity contribution in [3.05, 3.63) is 59.4 Å². The minimum Gasteiger partial charge on any atom is -0.403 e. The maximum absolute atomic E-state index is 13.2. The fourth-order valence-corrected chi connectivity index (χ4v) is 5.13. The van der Waals surface area contributed by atoms with E-state index in [0.717, 1.165) is 28.8 Å². The number of hydrogen-bond acceptors (Lipinski definition) is 6. The number of sulfonamides is 1. The maximum atomic E-state index is 13.2. The van der Waals surface area contributed by atoms with Gasteiger partial charge >= 0.3 is 6.01 Å². The van der Waals surface area contributed by atoms with Crippen LogP contribution in [0.5, 0.6) is 0 Å². The molecule has 1 aliphatic heterocycles.